The van der Waals surface area contributed by atoms with Crippen LogP contribution in [-0.4, -0.2) is 21.7 Å². The van der Waals surface area contributed by atoms with Crippen molar-refractivity contribution in [3.05, 3.63) is 30.6 Å². The van der Waals surface area contributed by atoms with Crippen LogP contribution in [0.3, 0.4) is 0 Å². The van der Waals surface area contributed by atoms with Gasteiger partial charge in [-0.25, -0.2) is 0 Å². The molecule has 4 heteroatoms. The number of nitrogens with one attached hydrogen (secondary N) is 2. The molecule has 0 aromatic carbocycles. The molecule has 2 heterocycles. The number of hydrogen-bond acceptors (Lipinski definition) is 3. The van der Waals surface area contributed by atoms with E-state index in [1.807, 2.05) is 37.5 Å². The summed E-state index contributed by atoms with van der Waals surface area (Å²) in [5, 5.41) is 11.3. The van der Waals surface area contributed by atoms with E-state index in [2.05, 4.69) is 20.5 Å². The largest absolute Gasteiger partial charge is 0.369 e. The van der Waals surface area contributed by atoms with Crippen LogP contribution in [0.4, 0.5) is 5.82 Å². The Balaban J connectivity index is 2.22. The predicted octanol–water partition coefficient (Wildman–Crippen LogP) is 1.90. The van der Waals surface area contributed by atoms with Crippen molar-refractivity contribution in [2.24, 2.45) is 0 Å². The van der Waals surface area contributed by atoms with Crippen LogP contribution in [0.5, 0.6) is 0 Å². The van der Waals surface area contributed by atoms with Crippen LogP contribution >= 0.6 is 0 Å². The van der Waals surface area contributed by atoms with Crippen LogP contribution in [-0.2, 0) is 0 Å². The lowest BCUT2D eigenvalue weighted by Crippen LogP contribution is -2.00. The average molecular weight is 188 g/mol. The van der Waals surface area contributed by atoms with E-state index in [9.17, 15) is 0 Å². The van der Waals surface area contributed by atoms with Gasteiger partial charge in [0.1, 0.15) is 5.82 Å². The lowest BCUT2D eigenvalue weighted by molar-refractivity contribution is 1.02. The molecule has 0 aliphatic carbocycles. The van der Waals surface area contributed by atoms with Gasteiger partial charge in [-0.15, -0.1) is 10.2 Å². The second kappa shape index (κ2) is 3.91. The molecule has 2 rings (SSSR count). The Morgan fingerprint density at radius 3 is 2.79 bits per heavy atom. The number of rotatable bonds is 3. The summed E-state index contributed by atoms with van der Waals surface area (Å²) in [5.41, 5.74) is 1.94. The molecule has 0 spiro atoms. The first kappa shape index (κ1) is 8.74. The van der Waals surface area contributed by atoms with Crippen molar-refractivity contribution in [2.45, 2.75) is 6.92 Å². The van der Waals surface area contributed by atoms with Crippen molar-refractivity contribution in [3.8, 4) is 11.3 Å². The molecule has 0 saturated heterocycles. The Hall–Kier alpha value is -1.84. The summed E-state index contributed by atoms with van der Waals surface area (Å²) in [6, 6.07) is 5.85. The van der Waals surface area contributed by atoms with Gasteiger partial charge in [0, 0.05) is 24.5 Å². The van der Waals surface area contributed by atoms with Gasteiger partial charge in [0.15, 0.2) is 0 Å². The normalized spacial score (nSPS) is 10.1. The quantitative estimate of drug-likeness (QED) is 0.773. The zero-order chi connectivity index (χ0) is 9.80. The molecular formula is C10H12N4. The van der Waals surface area contributed by atoms with Crippen molar-refractivity contribution in [3.63, 3.8) is 0 Å². The third-order valence-corrected chi connectivity index (χ3v) is 1.92. The molecule has 0 saturated carbocycles. The van der Waals surface area contributed by atoms with Crippen LogP contribution < -0.4 is 5.32 Å². The maximum Gasteiger partial charge on any atom is 0.148 e. The summed E-state index contributed by atoms with van der Waals surface area (Å²) < 4.78 is 0. The van der Waals surface area contributed by atoms with Gasteiger partial charge >= 0.3 is 0 Å². The highest BCUT2D eigenvalue weighted by atomic mass is 15.2. The first-order chi connectivity index (χ1) is 6.90. The molecule has 72 valence electrons. The highest BCUT2D eigenvalue weighted by Crippen LogP contribution is 2.15. The van der Waals surface area contributed by atoms with Gasteiger partial charge in [-0.3, -0.25) is 0 Å². The lowest BCUT2D eigenvalue weighted by Gasteiger charge is -2.00. The molecule has 0 aliphatic rings. The second-order valence-corrected chi connectivity index (χ2v) is 2.93. The fraction of sp³-hybridized carbons (Fsp3) is 0.200. The molecule has 0 aliphatic heterocycles. The lowest BCUT2D eigenvalue weighted by atomic mass is 10.2. The Kier molecular flexibility index (Phi) is 2.44. The van der Waals surface area contributed by atoms with Crippen LogP contribution in [0.15, 0.2) is 30.6 Å². The van der Waals surface area contributed by atoms with Crippen molar-refractivity contribution < 1.29 is 0 Å². The molecule has 2 aromatic rings. The van der Waals surface area contributed by atoms with Gasteiger partial charge in [-0.2, -0.15) is 0 Å². The van der Waals surface area contributed by atoms with E-state index in [1.165, 1.54) is 0 Å². The molecule has 14 heavy (non-hydrogen) atoms. The number of anilines is 1. The zero-order valence-corrected chi connectivity index (χ0v) is 7.99. The number of H-pyrrole nitrogens is 1. The van der Waals surface area contributed by atoms with Crippen molar-refractivity contribution in [1.82, 2.24) is 15.2 Å². The summed E-state index contributed by atoms with van der Waals surface area (Å²) in [6.07, 6.45) is 3.77. The molecule has 4 nitrogen and oxygen atoms in total. The third kappa shape index (κ3) is 1.74. The molecule has 0 bridgehead atoms. The van der Waals surface area contributed by atoms with Gasteiger partial charge in [0.2, 0.25) is 0 Å². The molecule has 0 atom stereocenters. The van der Waals surface area contributed by atoms with Gasteiger partial charge < -0.3 is 10.3 Å². The number of aromatic nitrogens is 3. The minimum Gasteiger partial charge on any atom is -0.369 e. The number of aromatic amines is 1. The van der Waals surface area contributed by atoms with Gasteiger partial charge in [0.05, 0.1) is 5.69 Å². The fourth-order valence-corrected chi connectivity index (χ4v) is 1.24. The zero-order valence-electron chi connectivity index (χ0n) is 7.99. The van der Waals surface area contributed by atoms with E-state index in [0.29, 0.717) is 0 Å². The van der Waals surface area contributed by atoms with Crippen LogP contribution in [0.2, 0.25) is 0 Å². The van der Waals surface area contributed by atoms with Crippen molar-refractivity contribution in [2.75, 3.05) is 11.9 Å². The van der Waals surface area contributed by atoms with E-state index in [0.717, 1.165) is 23.6 Å². The average Bonchev–Trinajstić information content (AvgIpc) is 2.72. The molecule has 0 unspecified atom stereocenters. The minimum absolute atomic E-state index is 0.812. The predicted molar refractivity (Wildman–Crippen MR) is 56.0 cm³/mol. The smallest absolute Gasteiger partial charge is 0.148 e. The second-order valence-electron chi connectivity index (χ2n) is 2.93. The van der Waals surface area contributed by atoms with Crippen molar-refractivity contribution >= 4 is 5.82 Å². The number of hydrogen-bond donors (Lipinski definition) is 2. The molecule has 2 aromatic heterocycles. The molecular weight excluding hydrogens is 176 g/mol. The summed E-state index contributed by atoms with van der Waals surface area (Å²) in [7, 11) is 0. The maximum atomic E-state index is 4.11. The molecule has 0 radical (unpaired) electrons. The molecule has 0 fully saturated rings. The molecule has 0 amide bonds. The number of nitrogens with zero attached hydrogens (tertiary/aromatic N) is 2. The highest BCUT2D eigenvalue weighted by molar-refractivity contribution is 5.58. The first-order valence-corrected chi connectivity index (χ1v) is 4.61. The minimum atomic E-state index is 0.812. The van der Waals surface area contributed by atoms with Gasteiger partial charge in [0.25, 0.3) is 0 Å². The van der Waals surface area contributed by atoms with E-state index in [1.54, 1.807) is 0 Å². The van der Waals surface area contributed by atoms with Gasteiger partial charge in [-0.1, -0.05) is 0 Å². The highest BCUT2D eigenvalue weighted by Gasteiger charge is 1.99. The summed E-state index contributed by atoms with van der Waals surface area (Å²) in [6.45, 7) is 2.89. The summed E-state index contributed by atoms with van der Waals surface area (Å²) in [5.74, 6) is 0.812. The monoisotopic (exact) mass is 188 g/mol. The van der Waals surface area contributed by atoms with Crippen molar-refractivity contribution in [1.29, 1.82) is 0 Å². The summed E-state index contributed by atoms with van der Waals surface area (Å²) >= 11 is 0. The maximum absolute atomic E-state index is 4.11. The summed E-state index contributed by atoms with van der Waals surface area (Å²) in [4.78, 5) is 2.98. The standard InChI is InChI=1S/C10H12N4/c1-2-12-10-4-3-9(13-14-10)8-5-6-11-7-8/h3-7,11H,2H2,1H3,(H,12,14). The fourth-order valence-electron chi connectivity index (χ4n) is 1.24. The van der Waals surface area contributed by atoms with Crippen LogP contribution in [0.25, 0.3) is 11.3 Å². The van der Waals surface area contributed by atoms with E-state index >= 15 is 0 Å². The SMILES string of the molecule is CCNc1ccc(-c2cc[nH]c2)nn1. The van der Waals surface area contributed by atoms with E-state index in [4.69, 9.17) is 0 Å². The van der Waals surface area contributed by atoms with Gasteiger partial charge in [-0.05, 0) is 25.1 Å². The van der Waals surface area contributed by atoms with E-state index in [-0.39, 0.29) is 0 Å². The third-order valence-electron chi connectivity index (χ3n) is 1.92. The Labute approximate surface area is 82.4 Å². The first-order valence-electron chi connectivity index (χ1n) is 4.61. The molecule has 2 N–H and O–H groups in total. The Bertz CT molecular complexity index is 377. The van der Waals surface area contributed by atoms with Crippen LogP contribution in [0, 0.1) is 0 Å². The van der Waals surface area contributed by atoms with Crippen LogP contribution in [0.1, 0.15) is 6.92 Å². The van der Waals surface area contributed by atoms with E-state index < -0.39 is 0 Å². The Morgan fingerprint density at radius 1 is 1.29 bits per heavy atom. The Morgan fingerprint density at radius 2 is 2.21 bits per heavy atom. The topological polar surface area (TPSA) is 53.6 Å².